The van der Waals surface area contributed by atoms with Gasteiger partial charge in [-0.25, -0.2) is 0 Å². The Morgan fingerprint density at radius 3 is 2.70 bits per heavy atom. The van der Waals surface area contributed by atoms with E-state index >= 15 is 0 Å². The summed E-state index contributed by atoms with van der Waals surface area (Å²) in [7, 11) is 0. The molecule has 2 fully saturated rings. The van der Waals surface area contributed by atoms with Crippen molar-refractivity contribution in [2.24, 2.45) is 5.92 Å². The summed E-state index contributed by atoms with van der Waals surface area (Å²) in [6.07, 6.45) is -1.20. The van der Waals surface area contributed by atoms with E-state index in [-0.39, 0.29) is 19.0 Å². The maximum absolute atomic E-state index is 12.8. The lowest BCUT2D eigenvalue weighted by atomic mass is 9.96. The van der Waals surface area contributed by atoms with Crippen molar-refractivity contribution in [3.63, 3.8) is 0 Å². The van der Waals surface area contributed by atoms with Crippen molar-refractivity contribution >= 4 is 0 Å². The Hall–Kier alpha value is -1.11. The van der Waals surface area contributed by atoms with Crippen molar-refractivity contribution in [1.82, 2.24) is 15.0 Å². The van der Waals surface area contributed by atoms with E-state index in [1.54, 1.807) is 4.90 Å². The Bertz CT molecular complexity index is 470. The lowest BCUT2D eigenvalue weighted by Gasteiger charge is -2.36. The van der Waals surface area contributed by atoms with Gasteiger partial charge in [0.1, 0.15) is 0 Å². The molecule has 7 heteroatoms. The summed E-state index contributed by atoms with van der Waals surface area (Å²) in [4.78, 5) is 6.13. The average Bonchev–Trinajstić information content (AvgIpc) is 3.15. The van der Waals surface area contributed by atoms with E-state index in [0.717, 1.165) is 12.8 Å². The molecule has 2 atom stereocenters. The molecular weight excluding hydrogens is 271 g/mol. The number of piperidine rings is 1. The fraction of sp³-hybridized carbons (Fsp3) is 0.846. The highest BCUT2D eigenvalue weighted by Gasteiger charge is 2.43. The standard InChI is InChI=1S/C13H18F3N3O/c1-8(12-17-11(18-20-12)9-4-5-9)19-6-2-3-10(7-19)13(14,15)16/h8-10H,2-7H2,1H3/t8-,10+/m1/s1. The van der Waals surface area contributed by atoms with Crippen LogP contribution in [0.5, 0.6) is 0 Å². The van der Waals surface area contributed by atoms with Gasteiger partial charge in [0.2, 0.25) is 5.89 Å². The number of hydrogen-bond acceptors (Lipinski definition) is 4. The van der Waals surface area contributed by atoms with E-state index in [2.05, 4.69) is 10.1 Å². The summed E-state index contributed by atoms with van der Waals surface area (Å²) in [5, 5.41) is 3.93. The van der Waals surface area contributed by atoms with Gasteiger partial charge in [-0.15, -0.1) is 0 Å². The summed E-state index contributed by atoms with van der Waals surface area (Å²) in [5.74, 6) is 0.291. The van der Waals surface area contributed by atoms with Gasteiger partial charge in [-0.2, -0.15) is 18.2 Å². The van der Waals surface area contributed by atoms with E-state index in [0.29, 0.717) is 30.6 Å². The minimum Gasteiger partial charge on any atom is -0.338 e. The Balaban J connectivity index is 1.67. The molecule has 2 heterocycles. The number of halogens is 3. The van der Waals surface area contributed by atoms with Crippen LogP contribution in [0.2, 0.25) is 0 Å². The van der Waals surface area contributed by atoms with Crippen molar-refractivity contribution in [1.29, 1.82) is 0 Å². The molecule has 0 amide bonds. The summed E-state index contributed by atoms with van der Waals surface area (Å²) in [6.45, 7) is 2.50. The molecule has 1 saturated heterocycles. The van der Waals surface area contributed by atoms with Crippen LogP contribution in [0.15, 0.2) is 4.52 Å². The summed E-state index contributed by atoms with van der Waals surface area (Å²) < 4.78 is 43.7. The van der Waals surface area contributed by atoms with E-state index in [1.165, 1.54) is 0 Å². The monoisotopic (exact) mass is 289 g/mol. The molecule has 0 unspecified atom stereocenters. The molecular formula is C13H18F3N3O. The average molecular weight is 289 g/mol. The van der Waals surface area contributed by atoms with Crippen LogP contribution in [-0.4, -0.2) is 34.3 Å². The molecule has 0 radical (unpaired) electrons. The predicted molar refractivity (Wildman–Crippen MR) is 65.0 cm³/mol. The van der Waals surface area contributed by atoms with Crippen molar-refractivity contribution in [3.05, 3.63) is 11.7 Å². The van der Waals surface area contributed by atoms with E-state index in [9.17, 15) is 13.2 Å². The second-order valence-corrected chi connectivity index (χ2v) is 5.82. The maximum Gasteiger partial charge on any atom is 0.393 e. The number of aromatic nitrogens is 2. The highest BCUT2D eigenvalue weighted by atomic mass is 19.4. The second-order valence-electron chi connectivity index (χ2n) is 5.82. The third-order valence-electron chi connectivity index (χ3n) is 4.22. The van der Waals surface area contributed by atoms with E-state index in [4.69, 9.17) is 4.52 Å². The van der Waals surface area contributed by atoms with Gasteiger partial charge >= 0.3 is 6.18 Å². The van der Waals surface area contributed by atoms with Crippen LogP contribution in [0, 0.1) is 5.92 Å². The molecule has 1 aliphatic heterocycles. The zero-order valence-corrected chi connectivity index (χ0v) is 11.4. The SMILES string of the molecule is C[C@H](c1nc(C2CC2)no1)N1CCC[C@H](C(F)(F)F)C1. The summed E-state index contributed by atoms with van der Waals surface area (Å²) in [5.41, 5.74) is 0. The molecule has 2 aliphatic rings. The Morgan fingerprint density at radius 1 is 1.30 bits per heavy atom. The van der Waals surface area contributed by atoms with Crippen LogP contribution in [0.1, 0.15) is 56.3 Å². The van der Waals surface area contributed by atoms with Gasteiger partial charge in [-0.05, 0) is 39.2 Å². The van der Waals surface area contributed by atoms with Crippen LogP contribution in [0.4, 0.5) is 13.2 Å². The molecule has 1 aliphatic carbocycles. The van der Waals surface area contributed by atoms with Crippen LogP contribution in [0.3, 0.4) is 0 Å². The zero-order valence-electron chi connectivity index (χ0n) is 11.4. The number of rotatable bonds is 3. The first-order valence-corrected chi connectivity index (χ1v) is 7.09. The lowest BCUT2D eigenvalue weighted by Crippen LogP contribution is -2.42. The third kappa shape index (κ3) is 2.82. The predicted octanol–water partition coefficient (Wildman–Crippen LogP) is 3.28. The topological polar surface area (TPSA) is 42.2 Å². The summed E-state index contributed by atoms with van der Waals surface area (Å²) in [6, 6.07) is -0.250. The Kier molecular flexibility index (Phi) is 3.48. The molecule has 0 bridgehead atoms. The Morgan fingerprint density at radius 2 is 2.05 bits per heavy atom. The zero-order chi connectivity index (χ0) is 14.3. The van der Waals surface area contributed by atoms with Gasteiger partial charge < -0.3 is 4.52 Å². The molecule has 112 valence electrons. The highest BCUT2D eigenvalue weighted by Crippen LogP contribution is 2.39. The van der Waals surface area contributed by atoms with Crippen LogP contribution < -0.4 is 0 Å². The van der Waals surface area contributed by atoms with Gasteiger partial charge in [0.05, 0.1) is 12.0 Å². The van der Waals surface area contributed by atoms with Crippen molar-refractivity contribution in [3.8, 4) is 0 Å². The molecule has 3 rings (SSSR count). The largest absolute Gasteiger partial charge is 0.393 e. The Labute approximate surface area is 115 Å². The number of hydrogen-bond donors (Lipinski definition) is 0. The van der Waals surface area contributed by atoms with Gasteiger partial charge in [-0.3, -0.25) is 4.90 Å². The fourth-order valence-corrected chi connectivity index (χ4v) is 2.71. The third-order valence-corrected chi connectivity index (χ3v) is 4.22. The maximum atomic E-state index is 12.8. The molecule has 0 N–H and O–H groups in total. The molecule has 4 nitrogen and oxygen atoms in total. The smallest absolute Gasteiger partial charge is 0.338 e. The first-order chi connectivity index (χ1) is 9.45. The molecule has 0 aromatic carbocycles. The molecule has 0 spiro atoms. The van der Waals surface area contributed by atoms with Crippen molar-refractivity contribution < 1.29 is 17.7 Å². The van der Waals surface area contributed by atoms with Gasteiger partial charge in [0.25, 0.3) is 0 Å². The summed E-state index contributed by atoms with van der Waals surface area (Å²) >= 11 is 0. The highest BCUT2D eigenvalue weighted by molar-refractivity contribution is 5.05. The first-order valence-electron chi connectivity index (χ1n) is 7.09. The normalized spacial score (nSPS) is 26.7. The first kappa shape index (κ1) is 13.9. The van der Waals surface area contributed by atoms with E-state index < -0.39 is 12.1 Å². The van der Waals surface area contributed by atoms with Gasteiger partial charge in [0.15, 0.2) is 5.82 Å². The lowest BCUT2D eigenvalue weighted by molar-refractivity contribution is -0.188. The second kappa shape index (κ2) is 5.02. The van der Waals surface area contributed by atoms with E-state index in [1.807, 2.05) is 6.92 Å². The van der Waals surface area contributed by atoms with Crippen LogP contribution >= 0.6 is 0 Å². The minimum atomic E-state index is -4.12. The number of likely N-dealkylation sites (tertiary alicyclic amines) is 1. The van der Waals surface area contributed by atoms with Crippen LogP contribution in [-0.2, 0) is 0 Å². The quantitative estimate of drug-likeness (QED) is 0.856. The van der Waals surface area contributed by atoms with Crippen molar-refractivity contribution in [2.45, 2.75) is 50.7 Å². The fourth-order valence-electron chi connectivity index (χ4n) is 2.71. The molecule has 1 saturated carbocycles. The molecule has 1 aromatic rings. The minimum absolute atomic E-state index is 0.0197. The molecule has 20 heavy (non-hydrogen) atoms. The van der Waals surface area contributed by atoms with Gasteiger partial charge in [-0.1, -0.05) is 5.16 Å². The van der Waals surface area contributed by atoms with Crippen LogP contribution in [0.25, 0.3) is 0 Å². The number of nitrogens with zero attached hydrogens (tertiary/aromatic N) is 3. The van der Waals surface area contributed by atoms with Gasteiger partial charge in [0, 0.05) is 12.5 Å². The molecule has 1 aromatic heterocycles. The number of alkyl halides is 3. The van der Waals surface area contributed by atoms with Crippen molar-refractivity contribution in [2.75, 3.05) is 13.1 Å².